The minimum absolute atomic E-state index is 0.0532. The lowest BCUT2D eigenvalue weighted by atomic mass is 9.87. The highest BCUT2D eigenvalue weighted by Gasteiger charge is 2.60. The Bertz CT molecular complexity index is 1740. The predicted molar refractivity (Wildman–Crippen MR) is 150 cm³/mol. The summed E-state index contributed by atoms with van der Waals surface area (Å²) in [6.07, 6.45) is -4.94. The molecule has 4 rings (SSSR count). The normalized spacial score (nSPS) is 13.4. The van der Waals surface area contributed by atoms with E-state index in [0.717, 1.165) is 43.5 Å². The van der Waals surface area contributed by atoms with Crippen molar-refractivity contribution in [1.82, 2.24) is 4.98 Å². The van der Waals surface area contributed by atoms with E-state index < -0.39 is 58.7 Å². The molecule has 0 saturated heterocycles. The number of aliphatic hydroxyl groups is 2. The van der Waals surface area contributed by atoms with Crippen molar-refractivity contribution < 1.29 is 50.8 Å². The van der Waals surface area contributed by atoms with Crippen LogP contribution in [0.15, 0.2) is 53.3 Å². The van der Waals surface area contributed by atoms with Crippen LogP contribution in [0.25, 0.3) is 10.9 Å². The highest BCUT2D eigenvalue weighted by Crippen LogP contribution is 2.46. The van der Waals surface area contributed by atoms with Gasteiger partial charge in [0, 0.05) is 32.7 Å². The summed E-state index contributed by atoms with van der Waals surface area (Å²) < 4.78 is 92.7. The number of methoxy groups -OCH3 is 2. The smallest absolute Gasteiger partial charge is 0.421 e. The van der Waals surface area contributed by atoms with Crippen LogP contribution in [0.3, 0.4) is 0 Å². The molecule has 2 unspecified atom stereocenters. The summed E-state index contributed by atoms with van der Waals surface area (Å²) in [5.41, 5.74) is -5.29. The van der Waals surface area contributed by atoms with E-state index in [9.17, 15) is 46.1 Å². The average Bonchev–Trinajstić information content (AvgIpc) is 2.94. The molecule has 8 nitrogen and oxygen atoms in total. The zero-order valence-corrected chi connectivity index (χ0v) is 24.0. The number of anilines is 1. The third-order valence-corrected chi connectivity index (χ3v) is 6.67. The van der Waals surface area contributed by atoms with Crippen molar-refractivity contribution in [1.29, 1.82) is 0 Å². The van der Waals surface area contributed by atoms with Crippen LogP contribution in [-0.2, 0) is 0 Å². The zero-order valence-electron chi connectivity index (χ0n) is 22.5. The van der Waals surface area contributed by atoms with Crippen LogP contribution in [0.1, 0.15) is 22.0 Å². The lowest BCUT2D eigenvalue weighted by molar-refractivity contribution is -0.277. The molecule has 0 amide bonds. The van der Waals surface area contributed by atoms with Gasteiger partial charge in [0.25, 0.3) is 0 Å². The van der Waals surface area contributed by atoms with Crippen LogP contribution in [0.2, 0.25) is 10.0 Å². The number of H-pyrrole nitrogens is 1. The molecule has 4 aromatic rings. The van der Waals surface area contributed by atoms with Gasteiger partial charge in [-0.3, -0.25) is 9.59 Å². The number of fused-ring (bicyclic) bond motifs is 1. The fourth-order valence-electron chi connectivity index (χ4n) is 4.20. The zero-order chi connectivity index (χ0) is 33.0. The number of rotatable bonds is 8. The number of aldehydes is 1. The number of pyridine rings is 1. The molecule has 4 N–H and O–H groups in total. The molecule has 236 valence electrons. The quantitative estimate of drug-likeness (QED) is 0.130. The molecule has 0 aliphatic carbocycles. The van der Waals surface area contributed by atoms with E-state index in [1.165, 1.54) is 19.2 Å². The summed E-state index contributed by atoms with van der Waals surface area (Å²) in [6, 6.07) is 5.85. The minimum Gasteiger partial charge on any atom is -0.493 e. The Morgan fingerprint density at radius 1 is 0.955 bits per heavy atom. The molecule has 3 aromatic carbocycles. The highest BCUT2D eigenvalue weighted by molar-refractivity contribution is 6.31. The second kappa shape index (κ2) is 13.8. The molecule has 0 bridgehead atoms. The van der Waals surface area contributed by atoms with Crippen LogP contribution in [0.5, 0.6) is 11.5 Å². The number of carbonyl (C=O) groups excluding carboxylic acids is 1. The van der Waals surface area contributed by atoms with Crippen LogP contribution in [0.4, 0.5) is 32.0 Å². The molecule has 44 heavy (non-hydrogen) atoms. The van der Waals surface area contributed by atoms with Gasteiger partial charge in [0.05, 0.1) is 37.9 Å². The summed E-state index contributed by atoms with van der Waals surface area (Å²) in [7, 11) is 2.28. The van der Waals surface area contributed by atoms with Crippen molar-refractivity contribution >= 4 is 46.1 Å². The first kappa shape index (κ1) is 34.5. The molecule has 0 aliphatic rings. The third-order valence-electron chi connectivity index (χ3n) is 6.23. The molecule has 2 atom stereocenters. The third kappa shape index (κ3) is 7.21. The van der Waals surface area contributed by atoms with Crippen LogP contribution >= 0.6 is 23.2 Å². The van der Waals surface area contributed by atoms with Crippen LogP contribution in [-0.4, -0.2) is 54.1 Å². The van der Waals surface area contributed by atoms with Crippen molar-refractivity contribution in [2.75, 3.05) is 26.1 Å². The first-order chi connectivity index (χ1) is 20.6. The van der Waals surface area contributed by atoms with E-state index in [1.807, 2.05) is 0 Å². The van der Waals surface area contributed by atoms with Crippen LogP contribution in [0, 0.1) is 17.5 Å². The fraction of sp³-hybridized carbons (Fsp3) is 0.214. The van der Waals surface area contributed by atoms with E-state index in [1.54, 1.807) is 0 Å². The van der Waals surface area contributed by atoms with Crippen LogP contribution < -0.4 is 20.3 Å². The molecule has 1 heterocycles. The van der Waals surface area contributed by atoms with E-state index in [4.69, 9.17) is 27.9 Å². The van der Waals surface area contributed by atoms with Crippen molar-refractivity contribution in [2.24, 2.45) is 0 Å². The number of nitrogens with one attached hydrogen (secondary N) is 2. The van der Waals surface area contributed by atoms with Gasteiger partial charge in [-0.15, -0.1) is 0 Å². The maximum atomic E-state index is 14.4. The largest absolute Gasteiger partial charge is 0.493 e. The monoisotopic (exact) mass is 666 g/mol. The Morgan fingerprint density at radius 3 is 2.09 bits per heavy atom. The van der Waals surface area contributed by atoms with E-state index >= 15 is 0 Å². The second-order valence-electron chi connectivity index (χ2n) is 9.03. The number of halogens is 8. The maximum absolute atomic E-state index is 14.4. The molecule has 0 saturated carbocycles. The summed E-state index contributed by atoms with van der Waals surface area (Å²) in [6.45, 7) is -1.84. The van der Waals surface area contributed by atoms with Gasteiger partial charge >= 0.3 is 6.18 Å². The highest BCUT2D eigenvalue weighted by atomic mass is 35.5. The number of alkyl halides is 3. The number of carbonyl (C=O) groups is 1. The summed E-state index contributed by atoms with van der Waals surface area (Å²) in [4.78, 5) is 24.3. The number of hydrogen-bond acceptors (Lipinski definition) is 7. The molecule has 16 heteroatoms. The lowest BCUT2D eigenvalue weighted by Gasteiger charge is -2.38. The predicted octanol–water partition coefficient (Wildman–Crippen LogP) is 6.21. The average molecular weight is 667 g/mol. The van der Waals surface area contributed by atoms with Gasteiger partial charge in [-0.1, -0.05) is 23.2 Å². The number of ether oxygens (including phenoxy) is 2. The van der Waals surface area contributed by atoms with E-state index in [0.29, 0.717) is 6.29 Å². The molecule has 0 spiro atoms. The molecular formula is C28H22Cl2F6N2O6. The van der Waals surface area contributed by atoms with Gasteiger partial charge in [-0.25, -0.2) is 13.2 Å². The van der Waals surface area contributed by atoms with Crippen molar-refractivity contribution in [3.05, 3.63) is 97.5 Å². The lowest BCUT2D eigenvalue weighted by Crippen LogP contribution is -2.55. The van der Waals surface area contributed by atoms with Gasteiger partial charge in [-0.05, 0) is 42.5 Å². The molecular weight excluding hydrogens is 645 g/mol. The van der Waals surface area contributed by atoms with Crippen molar-refractivity contribution in [3.8, 4) is 11.5 Å². The van der Waals surface area contributed by atoms with Gasteiger partial charge < -0.3 is 30.0 Å². The van der Waals surface area contributed by atoms with Crippen molar-refractivity contribution in [3.63, 3.8) is 0 Å². The Morgan fingerprint density at radius 2 is 1.55 bits per heavy atom. The molecule has 1 aromatic heterocycles. The summed E-state index contributed by atoms with van der Waals surface area (Å²) >= 11 is 11.3. The number of aromatic nitrogens is 1. The summed E-state index contributed by atoms with van der Waals surface area (Å²) in [5, 5.41) is 22.3. The van der Waals surface area contributed by atoms with Gasteiger partial charge in [0.15, 0.2) is 29.4 Å². The first-order valence-corrected chi connectivity index (χ1v) is 12.9. The van der Waals surface area contributed by atoms with Crippen molar-refractivity contribution in [2.45, 2.75) is 17.8 Å². The molecule has 0 fully saturated rings. The molecule has 0 radical (unpaired) electrons. The first-order valence-electron chi connectivity index (χ1n) is 12.1. The Balaban J connectivity index is 0.000000369. The number of benzene rings is 3. The molecule has 0 aliphatic heterocycles. The Labute approximate surface area is 254 Å². The van der Waals surface area contributed by atoms with E-state index in [2.05, 4.69) is 15.0 Å². The minimum atomic E-state index is -5.43. The standard InChI is InChI=1S/C20H16ClF5N2O4.C8H6ClFO2/c1-32-17-12(4-9(21)5-13(17)23)18(19(31,8-29)20(24,25)26)28-15-7-10(22)6-14-11(15)2-3-16(30)27-14;1-12-8-5(4-11)2-6(9)3-7(8)10/h2-7,18,28-29,31H,8H2,1H3,(H,27,30);2-4H,1H3. The second-order valence-corrected chi connectivity index (χ2v) is 9.91. The fourth-order valence-corrected chi connectivity index (χ4v) is 4.63. The number of aliphatic hydroxyl groups excluding tert-OH is 1. The number of hydrogen-bond donors (Lipinski definition) is 4. The van der Waals surface area contributed by atoms with Gasteiger partial charge in [-0.2, -0.15) is 13.2 Å². The Kier molecular flexibility index (Phi) is 10.8. The topological polar surface area (TPSA) is 121 Å². The summed E-state index contributed by atoms with van der Waals surface area (Å²) in [5.74, 6) is -3.44. The SMILES string of the molecule is COc1c(F)cc(Cl)cc1C(Nc1cc(F)cc2[nH]c(=O)ccc12)C(O)(CO)C(F)(F)F.COc1c(F)cc(Cl)cc1C=O. The Hall–Kier alpha value is -3.98. The van der Waals surface area contributed by atoms with Gasteiger partial charge in [0.2, 0.25) is 11.2 Å². The van der Waals surface area contributed by atoms with Gasteiger partial charge in [0.1, 0.15) is 5.82 Å². The maximum Gasteiger partial charge on any atom is 0.421 e. The van der Waals surface area contributed by atoms with E-state index in [-0.39, 0.29) is 37.9 Å². The number of aromatic amines is 1.